The van der Waals surface area contributed by atoms with Gasteiger partial charge in [0.1, 0.15) is 18.1 Å². The first kappa shape index (κ1) is 24.5. The molecule has 12 nitrogen and oxygen atoms in total. The van der Waals surface area contributed by atoms with E-state index in [2.05, 4.69) is 33.6 Å². The minimum Gasteiger partial charge on any atom is -0.480 e. The second kappa shape index (κ2) is 12.8. The van der Waals surface area contributed by atoms with Crippen LogP contribution >= 0.6 is 12.6 Å². The van der Waals surface area contributed by atoms with Crippen LogP contribution in [-0.2, 0) is 19.2 Å². The number of carbonyl (C=O) groups is 4. The van der Waals surface area contributed by atoms with Crippen LogP contribution in [-0.4, -0.2) is 71.7 Å². The van der Waals surface area contributed by atoms with Crippen LogP contribution in [0.5, 0.6) is 0 Å². The second-order valence-corrected chi connectivity index (χ2v) is 5.95. The fourth-order valence-corrected chi connectivity index (χ4v) is 2.14. The number of thiol groups is 1. The fourth-order valence-electron chi connectivity index (χ4n) is 1.89. The molecular formula is C14H27N7O5S. The van der Waals surface area contributed by atoms with E-state index in [9.17, 15) is 19.2 Å². The molecule has 0 aliphatic carbocycles. The summed E-state index contributed by atoms with van der Waals surface area (Å²) in [7, 11) is 0. The fraction of sp³-hybridized carbons (Fsp3) is 0.643. The molecule has 3 atom stereocenters. The zero-order valence-electron chi connectivity index (χ0n) is 15.0. The Morgan fingerprint density at radius 3 is 2.15 bits per heavy atom. The van der Waals surface area contributed by atoms with Crippen molar-refractivity contribution in [2.75, 3.05) is 18.8 Å². The van der Waals surface area contributed by atoms with Crippen LogP contribution in [0.4, 0.5) is 0 Å². The Labute approximate surface area is 162 Å². The lowest BCUT2D eigenvalue weighted by Gasteiger charge is -2.22. The maximum atomic E-state index is 12.4. The minimum atomic E-state index is -1.26. The summed E-state index contributed by atoms with van der Waals surface area (Å²) < 4.78 is 0. The molecule has 3 unspecified atom stereocenters. The number of nitrogens with one attached hydrogen (secondary N) is 3. The van der Waals surface area contributed by atoms with Crippen molar-refractivity contribution in [1.29, 1.82) is 0 Å². The van der Waals surface area contributed by atoms with Crippen molar-refractivity contribution >= 4 is 42.3 Å². The van der Waals surface area contributed by atoms with E-state index >= 15 is 0 Å². The van der Waals surface area contributed by atoms with E-state index in [-0.39, 0.29) is 31.2 Å². The van der Waals surface area contributed by atoms with Crippen molar-refractivity contribution in [3.8, 4) is 0 Å². The Morgan fingerprint density at radius 2 is 1.67 bits per heavy atom. The van der Waals surface area contributed by atoms with Gasteiger partial charge in [0.15, 0.2) is 5.96 Å². The highest BCUT2D eigenvalue weighted by Gasteiger charge is 2.27. The SMILES string of the molecule is CC(NC(=O)CN)C(=O)NC(CCCN=C(N)N)C(=O)NC(CS)C(=O)O. The number of rotatable bonds is 12. The van der Waals surface area contributed by atoms with Crippen molar-refractivity contribution < 1.29 is 24.3 Å². The number of guanidine groups is 1. The average molecular weight is 405 g/mol. The molecular weight excluding hydrogens is 378 g/mol. The Balaban J connectivity index is 5.02. The van der Waals surface area contributed by atoms with Gasteiger partial charge in [-0.2, -0.15) is 12.6 Å². The number of carboxylic acid groups (broad SMARTS) is 1. The Bertz CT molecular complexity index is 568. The molecule has 0 heterocycles. The first-order valence-corrected chi connectivity index (χ1v) is 8.74. The maximum absolute atomic E-state index is 12.4. The standard InChI is InChI=1S/C14H27N7O5S/c1-7(19-10(22)5-15)11(23)20-8(3-2-4-18-14(16)17)12(24)21-9(6-27)13(25)26/h7-9,27H,2-6,15H2,1H3,(H,19,22)(H,20,23)(H,21,24)(H,25,26)(H4,16,17,18). The number of aliphatic imine (C=N–C) groups is 1. The van der Waals surface area contributed by atoms with Crippen molar-refractivity contribution in [3.63, 3.8) is 0 Å². The summed E-state index contributed by atoms with van der Waals surface area (Å²) in [5.41, 5.74) is 15.6. The van der Waals surface area contributed by atoms with Gasteiger partial charge in [-0.25, -0.2) is 4.79 Å². The number of hydrogen-bond donors (Lipinski definition) is 8. The topological polar surface area (TPSA) is 215 Å². The number of nitrogens with two attached hydrogens (primary N) is 3. The molecule has 10 N–H and O–H groups in total. The zero-order chi connectivity index (χ0) is 21.0. The monoisotopic (exact) mass is 405 g/mol. The third-order valence-corrected chi connectivity index (χ3v) is 3.70. The highest BCUT2D eigenvalue weighted by Crippen LogP contribution is 2.01. The molecule has 0 fully saturated rings. The van der Waals surface area contributed by atoms with E-state index in [4.69, 9.17) is 22.3 Å². The number of aliphatic carboxylic acids is 1. The van der Waals surface area contributed by atoms with Crippen molar-refractivity contribution in [1.82, 2.24) is 16.0 Å². The normalized spacial score (nSPS) is 13.6. The van der Waals surface area contributed by atoms with Crippen LogP contribution in [0.1, 0.15) is 19.8 Å². The Morgan fingerprint density at radius 1 is 1.07 bits per heavy atom. The van der Waals surface area contributed by atoms with E-state index in [1.807, 2.05) is 0 Å². The number of nitrogens with zero attached hydrogens (tertiary/aromatic N) is 1. The Kier molecular flexibility index (Phi) is 11.6. The highest BCUT2D eigenvalue weighted by atomic mass is 32.1. The quantitative estimate of drug-likeness (QED) is 0.0703. The lowest BCUT2D eigenvalue weighted by Crippen LogP contribution is -2.55. The van der Waals surface area contributed by atoms with E-state index in [1.54, 1.807) is 0 Å². The van der Waals surface area contributed by atoms with Gasteiger partial charge in [0, 0.05) is 12.3 Å². The molecule has 0 bridgehead atoms. The van der Waals surface area contributed by atoms with Crippen LogP contribution in [0.2, 0.25) is 0 Å². The molecule has 0 spiro atoms. The average Bonchev–Trinajstić information content (AvgIpc) is 2.60. The summed E-state index contributed by atoms with van der Waals surface area (Å²) in [5, 5.41) is 16.1. The molecule has 27 heavy (non-hydrogen) atoms. The summed E-state index contributed by atoms with van der Waals surface area (Å²) in [5.74, 6) is -3.36. The number of hydrogen-bond acceptors (Lipinski definition) is 7. The summed E-state index contributed by atoms with van der Waals surface area (Å²) in [6, 6.07) is -3.20. The van der Waals surface area contributed by atoms with Gasteiger partial charge < -0.3 is 38.3 Å². The lowest BCUT2D eigenvalue weighted by molar-refractivity contribution is -0.141. The minimum absolute atomic E-state index is 0.112. The van der Waals surface area contributed by atoms with Crippen LogP contribution < -0.4 is 33.2 Å². The molecule has 154 valence electrons. The van der Waals surface area contributed by atoms with Gasteiger partial charge in [-0.3, -0.25) is 19.4 Å². The van der Waals surface area contributed by atoms with E-state index < -0.39 is 41.8 Å². The first-order valence-electron chi connectivity index (χ1n) is 8.11. The number of carboxylic acids is 1. The molecule has 13 heteroatoms. The van der Waals surface area contributed by atoms with Crippen LogP contribution in [0.3, 0.4) is 0 Å². The van der Waals surface area contributed by atoms with E-state index in [0.717, 1.165) is 0 Å². The highest BCUT2D eigenvalue weighted by molar-refractivity contribution is 7.80. The van der Waals surface area contributed by atoms with Crippen LogP contribution in [0.25, 0.3) is 0 Å². The van der Waals surface area contributed by atoms with Crippen molar-refractivity contribution in [2.45, 2.75) is 37.9 Å². The predicted molar refractivity (Wildman–Crippen MR) is 102 cm³/mol. The molecule has 0 aromatic rings. The van der Waals surface area contributed by atoms with Crippen molar-refractivity contribution in [3.05, 3.63) is 0 Å². The third-order valence-electron chi connectivity index (χ3n) is 3.33. The van der Waals surface area contributed by atoms with Crippen LogP contribution in [0.15, 0.2) is 4.99 Å². The summed E-state index contributed by atoms with van der Waals surface area (Å²) in [4.78, 5) is 50.7. The molecule has 0 aromatic carbocycles. The summed E-state index contributed by atoms with van der Waals surface area (Å²) in [6.45, 7) is 1.35. The van der Waals surface area contributed by atoms with Crippen LogP contribution in [0, 0.1) is 0 Å². The van der Waals surface area contributed by atoms with Gasteiger partial charge in [0.2, 0.25) is 17.7 Å². The van der Waals surface area contributed by atoms with Gasteiger partial charge in [0.25, 0.3) is 0 Å². The van der Waals surface area contributed by atoms with Gasteiger partial charge in [-0.1, -0.05) is 0 Å². The van der Waals surface area contributed by atoms with Gasteiger partial charge in [-0.05, 0) is 19.8 Å². The molecule has 0 saturated carbocycles. The largest absolute Gasteiger partial charge is 0.480 e. The number of carbonyl (C=O) groups excluding carboxylic acids is 3. The second-order valence-electron chi connectivity index (χ2n) is 5.59. The molecule has 0 rings (SSSR count). The molecule has 0 aromatic heterocycles. The summed E-state index contributed by atoms with van der Waals surface area (Å²) in [6.07, 6.45) is 0.489. The third kappa shape index (κ3) is 10.3. The summed E-state index contributed by atoms with van der Waals surface area (Å²) >= 11 is 3.87. The van der Waals surface area contributed by atoms with Gasteiger partial charge in [0.05, 0.1) is 6.54 Å². The van der Waals surface area contributed by atoms with E-state index in [1.165, 1.54) is 6.92 Å². The Hall–Kier alpha value is -2.54. The van der Waals surface area contributed by atoms with Crippen molar-refractivity contribution in [2.24, 2.45) is 22.2 Å². The zero-order valence-corrected chi connectivity index (χ0v) is 15.9. The smallest absolute Gasteiger partial charge is 0.327 e. The molecule has 0 aliphatic heterocycles. The first-order chi connectivity index (χ1) is 12.6. The molecule has 0 saturated heterocycles. The van der Waals surface area contributed by atoms with E-state index in [0.29, 0.717) is 6.42 Å². The number of amides is 3. The molecule has 3 amide bonds. The lowest BCUT2D eigenvalue weighted by atomic mass is 10.1. The van der Waals surface area contributed by atoms with Gasteiger partial charge >= 0.3 is 5.97 Å². The maximum Gasteiger partial charge on any atom is 0.327 e. The van der Waals surface area contributed by atoms with Gasteiger partial charge in [-0.15, -0.1) is 0 Å². The predicted octanol–water partition coefficient (Wildman–Crippen LogP) is -3.51. The molecule has 0 radical (unpaired) electrons. The molecule has 0 aliphatic rings.